The highest BCUT2D eigenvalue weighted by molar-refractivity contribution is 6.15. The lowest BCUT2D eigenvalue weighted by Crippen LogP contribution is -2.21. The van der Waals surface area contributed by atoms with Crippen molar-refractivity contribution in [1.82, 2.24) is 4.98 Å². The lowest BCUT2D eigenvalue weighted by Gasteiger charge is -2.26. The zero-order chi connectivity index (χ0) is 23.8. The molecule has 0 saturated carbocycles. The van der Waals surface area contributed by atoms with Gasteiger partial charge in [-0.2, -0.15) is 0 Å². The predicted molar refractivity (Wildman–Crippen MR) is 122 cm³/mol. The van der Waals surface area contributed by atoms with Crippen molar-refractivity contribution in [2.24, 2.45) is 0 Å². The van der Waals surface area contributed by atoms with E-state index in [1.54, 1.807) is 48.8 Å². The van der Waals surface area contributed by atoms with Crippen LogP contribution >= 0.6 is 0 Å². The third-order valence-corrected chi connectivity index (χ3v) is 5.85. The molecule has 1 atom stereocenters. The SMILES string of the molecule is COc1cc(/C=C2\Oc3c(ccc4c3[C@H](c3cccnc3)CC(=O)O4)C2=O)cc(OC)c1OC. The molecular weight excluding hydrogens is 438 g/mol. The normalized spacial score (nSPS) is 17.5. The van der Waals surface area contributed by atoms with E-state index in [0.29, 0.717) is 45.4 Å². The van der Waals surface area contributed by atoms with Crippen LogP contribution in [0.4, 0.5) is 0 Å². The van der Waals surface area contributed by atoms with Gasteiger partial charge in [0.05, 0.1) is 33.3 Å². The summed E-state index contributed by atoms with van der Waals surface area (Å²) in [4.78, 5) is 29.7. The van der Waals surface area contributed by atoms with Crippen LogP contribution in [0.15, 0.2) is 54.6 Å². The summed E-state index contributed by atoms with van der Waals surface area (Å²) in [5.41, 5.74) is 2.54. The van der Waals surface area contributed by atoms with E-state index in [1.165, 1.54) is 21.3 Å². The molecule has 0 aliphatic carbocycles. The first-order valence-electron chi connectivity index (χ1n) is 10.6. The maximum absolute atomic E-state index is 13.2. The Balaban J connectivity index is 1.59. The zero-order valence-corrected chi connectivity index (χ0v) is 18.8. The number of fused-ring (bicyclic) bond motifs is 3. The molecule has 0 radical (unpaired) electrons. The molecule has 3 heterocycles. The molecule has 0 N–H and O–H groups in total. The third-order valence-electron chi connectivity index (χ3n) is 5.85. The number of ketones is 1. The molecule has 2 aliphatic rings. The number of esters is 1. The number of carbonyl (C=O) groups excluding carboxylic acids is 2. The van der Waals surface area contributed by atoms with Crippen molar-refractivity contribution < 1.29 is 33.3 Å². The standard InChI is InChI=1S/C26H21NO7/c1-30-20-10-14(11-21(31-2)26(20)32-3)9-19-24(29)16-6-7-18-23(25(16)34-19)17(12-22(28)33-18)15-5-4-8-27-13-15/h4-11,13,17H,12H2,1-3H3/b19-9-/t17-/m0/s1. The number of benzene rings is 2. The number of methoxy groups -OCH3 is 3. The average molecular weight is 459 g/mol. The van der Waals surface area contributed by atoms with Crippen molar-refractivity contribution in [3.8, 4) is 28.7 Å². The Morgan fingerprint density at radius 3 is 2.41 bits per heavy atom. The first-order chi connectivity index (χ1) is 16.5. The van der Waals surface area contributed by atoms with Gasteiger partial charge < -0.3 is 23.7 Å². The number of pyridine rings is 1. The Labute approximate surface area is 195 Å². The van der Waals surface area contributed by atoms with E-state index in [2.05, 4.69) is 4.98 Å². The van der Waals surface area contributed by atoms with E-state index in [0.717, 1.165) is 5.56 Å². The van der Waals surface area contributed by atoms with Crippen LogP contribution < -0.4 is 23.7 Å². The average Bonchev–Trinajstić information content (AvgIpc) is 3.18. The molecule has 0 bridgehead atoms. The maximum Gasteiger partial charge on any atom is 0.312 e. The molecule has 0 amide bonds. The molecule has 2 aromatic carbocycles. The number of aromatic nitrogens is 1. The van der Waals surface area contributed by atoms with Gasteiger partial charge in [-0.1, -0.05) is 6.07 Å². The van der Waals surface area contributed by atoms with E-state index in [1.807, 2.05) is 6.07 Å². The van der Waals surface area contributed by atoms with Gasteiger partial charge in [0.15, 0.2) is 17.3 Å². The number of ether oxygens (including phenoxy) is 5. The van der Waals surface area contributed by atoms with Crippen LogP contribution in [-0.4, -0.2) is 38.1 Å². The van der Waals surface area contributed by atoms with E-state index >= 15 is 0 Å². The molecule has 0 unspecified atom stereocenters. The van der Waals surface area contributed by atoms with Crippen LogP contribution in [-0.2, 0) is 4.79 Å². The van der Waals surface area contributed by atoms with Gasteiger partial charge in [0.1, 0.15) is 11.5 Å². The van der Waals surface area contributed by atoms with Crippen molar-refractivity contribution in [2.45, 2.75) is 12.3 Å². The van der Waals surface area contributed by atoms with Gasteiger partial charge in [-0.3, -0.25) is 14.6 Å². The Morgan fingerprint density at radius 2 is 1.76 bits per heavy atom. The molecule has 0 spiro atoms. The fraction of sp³-hybridized carbons (Fsp3) is 0.192. The lowest BCUT2D eigenvalue weighted by atomic mass is 9.85. The molecule has 3 aromatic rings. The van der Waals surface area contributed by atoms with Crippen molar-refractivity contribution in [2.75, 3.05) is 21.3 Å². The number of hydrogen-bond acceptors (Lipinski definition) is 8. The summed E-state index contributed by atoms with van der Waals surface area (Å²) in [6, 6.07) is 10.4. The zero-order valence-electron chi connectivity index (χ0n) is 18.8. The highest BCUT2D eigenvalue weighted by Crippen LogP contribution is 2.49. The number of nitrogens with zero attached hydrogens (tertiary/aromatic N) is 1. The summed E-state index contributed by atoms with van der Waals surface area (Å²) in [5.74, 6) is 1.31. The molecule has 8 nitrogen and oxygen atoms in total. The molecule has 8 heteroatoms. The Morgan fingerprint density at radius 1 is 1.00 bits per heavy atom. The highest BCUT2D eigenvalue weighted by Gasteiger charge is 2.38. The molecule has 0 fully saturated rings. The van der Waals surface area contributed by atoms with Crippen molar-refractivity contribution in [3.05, 3.63) is 76.8 Å². The predicted octanol–water partition coefficient (Wildman–Crippen LogP) is 4.16. The van der Waals surface area contributed by atoms with Crippen LogP contribution in [0.1, 0.15) is 39.4 Å². The fourth-order valence-corrected chi connectivity index (χ4v) is 4.31. The minimum Gasteiger partial charge on any atom is -0.493 e. The monoisotopic (exact) mass is 459 g/mol. The first-order valence-corrected chi connectivity index (χ1v) is 10.6. The molecule has 172 valence electrons. The van der Waals surface area contributed by atoms with Crippen LogP contribution in [0.3, 0.4) is 0 Å². The second-order valence-corrected chi connectivity index (χ2v) is 7.77. The maximum atomic E-state index is 13.2. The summed E-state index contributed by atoms with van der Waals surface area (Å²) in [7, 11) is 4.56. The molecule has 0 saturated heterocycles. The summed E-state index contributed by atoms with van der Waals surface area (Å²) in [6.07, 6.45) is 5.11. The van der Waals surface area contributed by atoms with Gasteiger partial charge in [-0.25, -0.2) is 0 Å². The van der Waals surface area contributed by atoms with Crippen LogP contribution in [0.5, 0.6) is 28.7 Å². The molecule has 5 rings (SSSR count). The van der Waals surface area contributed by atoms with Gasteiger partial charge >= 0.3 is 5.97 Å². The third kappa shape index (κ3) is 3.53. The van der Waals surface area contributed by atoms with E-state index < -0.39 is 0 Å². The van der Waals surface area contributed by atoms with Gasteiger partial charge in [0, 0.05) is 23.9 Å². The van der Waals surface area contributed by atoms with Crippen LogP contribution in [0.25, 0.3) is 6.08 Å². The summed E-state index contributed by atoms with van der Waals surface area (Å²) >= 11 is 0. The topological polar surface area (TPSA) is 93.2 Å². The highest BCUT2D eigenvalue weighted by atomic mass is 16.5. The fourth-order valence-electron chi connectivity index (χ4n) is 4.31. The lowest BCUT2D eigenvalue weighted by molar-refractivity contribution is -0.135. The summed E-state index contributed by atoms with van der Waals surface area (Å²) in [5, 5.41) is 0. The molecular formula is C26H21NO7. The second-order valence-electron chi connectivity index (χ2n) is 7.77. The Hall–Kier alpha value is -4.33. The Bertz CT molecular complexity index is 1310. The largest absolute Gasteiger partial charge is 0.493 e. The number of rotatable bonds is 5. The van der Waals surface area contributed by atoms with Crippen LogP contribution in [0.2, 0.25) is 0 Å². The minimum atomic E-state index is -0.348. The number of allylic oxidation sites excluding steroid dienone is 1. The number of hydrogen-bond donors (Lipinski definition) is 0. The first kappa shape index (κ1) is 21.5. The van der Waals surface area contributed by atoms with Gasteiger partial charge in [0.25, 0.3) is 0 Å². The van der Waals surface area contributed by atoms with E-state index in [4.69, 9.17) is 23.7 Å². The van der Waals surface area contributed by atoms with Gasteiger partial charge in [-0.05, 0) is 47.5 Å². The summed E-state index contributed by atoms with van der Waals surface area (Å²) < 4.78 is 27.7. The van der Waals surface area contributed by atoms with Crippen molar-refractivity contribution in [1.29, 1.82) is 0 Å². The smallest absolute Gasteiger partial charge is 0.312 e. The molecule has 1 aromatic heterocycles. The quantitative estimate of drug-likeness (QED) is 0.319. The number of Topliss-reactive ketones (excluding diaryl/α,β-unsaturated/α-hetero) is 1. The minimum absolute atomic E-state index is 0.124. The van der Waals surface area contributed by atoms with E-state index in [-0.39, 0.29) is 29.9 Å². The molecule has 2 aliphatic heterocycles. The number of carbonyl (C=O) groups is 2. The van der Waals surface area contributed by atoms with Crippen LogP contribution in [0, 0.1) is 0 Å². The Kier molecular flexibility index (Phi) is 5.41. The van der Waals surface area contributed by atoms with Crippen molar-refractivity contribution >= 4 is 17.8 Å². The second kappa shape index (κ2) is 8.55. The summed E-state index contributed by atoms with van der Waals surface area (Å²) in [6.45, 7) is 0. The van der Waals surface area contributed by atoms with Gasteiger partial charge in [0.2, 0.25) is 11.5 Å². The molecule has 34 heavy (non-hydrogen) atoms. The van der Waals surface area contributed by atoms with Gasteiger partial charge in [-0.15, -0.1) is 0 Å². The van der Waals surface area contributed by atoms with Crippen molar-refractivity contribution in [3.63, 3.8) is 0 Å². The van der Waals surface area contributed by atoms with E-state index in [9.17, 15) is 9.59 Å².